The molecule has 0 unspecified atom stereocenters. The molecule has 0 radical (unpaired) electrons. The van der Waals surface area contributed by atoms with Gasteiger partial charge in [-0.15, -0.1) is 11.3 Å². The van der Waals surface area contributed by atoms with Crippen LogP contribution in [0.4, 0.5) is 11.4 Å². The van der Waals surface area contributed by atoms with Gasteiger partial charge in [0.1, 0.15) is 4.88 Å². The van der Waals surface area contributed by atoms with Gasteiger partial charge in [0.05, 0.1) is 16.4 Å². The van der Waals surface area contributed by atoms with Gasteiger partial charge in [0.2, 0.25) is 0 Å². The number of hydrogen-bond acceptors (Lipinski definition) is 3. The average molecular weight is 317 g/mol. The summed E-state index contributed by atoms with van der Waals surface area (Å²) < 4.78 is 1.01. The van der Waals surface area contributed by atoms with Crippen LogP contribution in [0.2, 0.25) is 5.02 Å². The first kappa shape index (κ1) is 13.9. The topological polar surface area (TPSA) is 55.1 Å². The van der Waals surface area contributed by atoms with Crippen molar-refractivity contribution in [2.75, 3.05) is 11.1 Å². The quantitative estimate of drug-likeness (QED) is 0.720. The normalized spacial score (nSPS) is 10.8. The van der Waals surface area contributed by atoms with E-state index >= 15 is 0 Å². The summed E-state index contributed by atoms with van der Waals surface area (Å²) in [4.78, 5) is 12.9. The molecule has 2 aromatic carbocycles. The van der Waals surface area contributed by atoms with Crippen molar-refractivity contribution in [1.29, 1.82) is 0 Å². The van der Waals surface area contributed by atoms with Crippen molar-refractivity contribution in [3.05, 3.63) is 57.9 Å². The van der Waals surface area contributed by atoms with Crippen molar-refractivity contribution in [2.45, 2.75) is 6.92 Å². The van der Waals surface area contributed by atoms with Crippen LogP contribution in [-0.4, -0.2) is 5.91 Å². The van der Waals surface area contributed by atoms with E-state index in [0.29, 0.717) is 21.3 Å². The first-order valence-electron chi connectivity index (χ1n) is 6.41. The first-order valence-corrected chi connectivity index (χ1v) is 7.60. The van der Waals surface area contributed by atoms with Crippen LogP contribution in [0.3, 0.4) is 0 Å². The maximum atomic E-state index is 12.4. The van der Waals surface area contributed by atoms with Gasteiger partial charge in [-0.3, -0.25) is 4.79 Å². The SMILES string of the molecule is Cc1ccc2c(N)c(C(=O)Nc3ccccc3Cl)sc2c1. The van der Waals surface area contributed by atoms with Gasteiger partial charge in [-0.2, -0.15) is 0 Å². The minimum absolute atomic E-state index is 0.237. The molecule has 0 aliphatic heterocycles. The molecule has 0 bridgehead atoms. The Morgan fingerprint density at radius 3 is 2.76 bits per heavy atom. The Morgan fingerprint density at radius 1 is 1.24 bits per heavy atom. The number of carbonyl (C=O) groups is 1. The highest BCUT2D eigenvalue weighted by atomic mass is 35.5. The fraction of sp³-hybridized carbons (Fsp3) is 0.0625. The molecule has 0 spiro atoms. The smallest absolute Gasteiger partial charge is 0.267 e. The van der Waals surface area contributed by atoms with Crippen LogP contribution in [0.1, 0.15) is 15.2 Å². The van der Waals surface area contributed by atoms with Crippen LogP contribution >= 0.6 is 22.9 Å². The molecule has 3 aromatic rings. The van der Waals surface area contributed by atoms with Gasteiger partial charge in [-0.1, -0.05) is 35.9 Å². The van der Waals surface area contributed by atoms with Gasteiger partial charge in [-0.05, 0) is 30.7 Å². The van der Waals surface area contributed by atoms with E-state index in [1.807, 2.05) is 37.3 Å². The van der Waals surface area contributed by atoms with Crippen molar-refractivity contribution >= 4 is 50.3 Å². The molecular weight excluding hydrogens is 304 g/mol. The predicted octanol–water partition coefficient (Wildman–Crippen LogP) is 4.70. The molecule has 5 heteroatoms. The summed E-state index contributed by atoms with van der Waals surface area (Å²) in [7, 11) is 0. The highest BCUT2D eigenvalue weighted by Gasteiger charge is 2.17. The Morgan fingerprint density at radius 2 is 2.00 bits per heavy atom. The second-order valence-electron chi connectivity index (χ2n) is 4.78. The number of anilines is 2. The van der Waals surface area contributed by atoms with Gasteiger partial charge in [0, 0.05) is 10.1 Å². The molecule has 3 nitrogen and oxygen atoms in total. The average Bonchev–Trinajstić information content (AvgIpc) is 2.78. The lowest BCUT2D eigenvalue weighted by Gasteiger charge is -2.06. The molecule has 0 fully saturated rings. The number of halogens is 1. The number of aryl methyl sites for hydroxylation is 1. The fourth-order valence-electron chi connectivity index (χ4n) is 2.13. The maximum absolute atomic E-state index is 12.4. The number of rotatable bonds is 2. The summed E-state index contributed by atoms with van der Waals surface area (Å²) in [5.74, 6) is -0.237. The molecule has 1 heterocycles. The Bertz CT molecular complexity index is 841. The first-order chi connectivity index (χ1) is 10.1. The lowest BCUT2D eigenvalue weighted by atomic mass is 10.1. The fourth-order valence-corrected chi connectivity index (χ4v) is 3.43. The number of hydrogen-bond donors (Lipinski definition) is 2. The van der Waals surface area contributed by atoms with Gasteiger partial charge in [-0.25, -0.2) is 0 Å². The molecule has 0 saturated carbocycles. The van der Waals surface area contributed by atoms with Crippen LogP contribution in [0.15, 0.2) is 42.5 Å². The number of fused-ring (bicyclic) bond motifs is 1. The van der Waals surface area contributed by atoms with Crippen molar-refractivity contribution in [2.24, 2.45) is 0 Å². The number of nitrogens with two attached hydrogens (primary N) is 1. The van der Waals surface area contributed by atoms with E-state index in [2.05, 4.69) is 5.32 Å². The minimum Gasteiger partial charge on any atom is -0.397 e. The van der Waals surface area contributed by atoms with Gasteiger partial charge < -0.3 is 11.1 Å². The van der Waals surface area contributed by atoms with Crippen molar-refractivity contribution < 1.29 is 4.79 Å². The van der Waals surface area contributed by atoms with Crippen LogP contribution in [-0.2, 0) is 0 Å². The number of amides is 1. The monoisotopic (exact) mass is 316 g/mol. The zero-order chi connectivity index (χ0) is 15.0. The third-order valence-electron chi connectivity index (χ3n) is 3.21. The standard InChI is InChI=1S/C16H13ClN2OS/c1-9-6-7-10-13(8-9)21-15(14(10)18)16(20)19-12-5-3-2-4-11(12)17/h2-8H,18H2,1H3,(H,19,20). The van der Waals surface area contributed by atoms with Crippen molar-refractivity contribution in [1.82, 2.24) is 0 Å². The summed E-state index contributed by atoms with van der Waals surface area (Å²) in [6.45, 7) is 2.01. The summed E-state index contributed by atoms with van der Waals surface area (Å²) in [5, 5.41) is 4.22. The number of nitrogen functional groups attached to an aromatic ring is 1. The molecule has 0 aliphatic carbocycles. The van der Waals surface area contributed by atoms with E-state index in [4.69, 9.17) is 17.3 Å². The molecule has 3 N–H and O–H groups in total. The van der Waals surface area contributed by atoms with Crippen molar-refractivity contribution in [3.8, 4) is 0 Å². The third-order valence-corrected chi connectivity index (χ3v) is 4.71. The summed E-state index contributed by atoms with van der Waals surface area (Å²) in [6, 6.07) is 13.1. The van der Waals surface area contributed by atoms with Crippen LogP contribution in [0.25, 0.3) is 10.1 Å². The van der Waals surface area contributed by atoms with Gasteiger partial charge >= 0.3 is 0 Å². The second-order valence-corrected chi connectivity index (χ2v) is 6.24. The van der Waals surface area contributed by atoms with E-state index < -0.39 is 0 Å². The highest BCUT2D eigenvalue weighted by molar-refractivity contribution is 7.21. The Kier molecular flexibility index (Phi) is 3.57. The van der Waals surface area contributed by atoms with Crippen LogP contribution in [0.5, 0.6) is 0 Å². The minimum atomic E-state index is -0.237. The number of nitrogens with one attached hydrogen (secondary N) is 1. The molecule has 106 valence electrons. The van der Waals surface area contributed by atoms with Crippen LogP contribution in [0, 0.1) is 6.92 Å². The van der Waals surface area contributed by atoms with E-state index in [1.54, 1.807) is 12.1 Å². The van der Waals surface area contributed by atoms with E-state index in [1.165, 1.54) is 11.3 Å². The van der Waals surface area contributed by atoms with Crippen molar-refractivity contribution in [3.63, 3.8) is 0 Å². The Balaban J connectivity index is 1.98. The zero-order valence-corrected chi connectivity index (χ0v) is 12.9. The predicted molar refractivity (Wildman–Crippen MR) is 90.4 cm³/mol. The molecule has 1 amide bonds. The number of benzene rings is 2. The molecule has 0 aliphatic rings. The molecule has 0 atom stereocenters. The highest BCUT2D eigenvalue weighted by Crippen LogP contribution is 2.35. The lowest BCUT2D eigenvalue weighted by molar-refractivity contribution is 0.103. The molecular formula is C16H13ClN2OS. The number of thiophene rings is 1. The van der Waals surface area contributed by atoms with E-state index in [9.17, 15) is 4.79 Å². The van der Waals surface area contributed by atoms with Gasteiger partial charge in [0.25, 0.3) is 5.91 Å². The summed E-state index contributed by atoms with van der Waals surface area (Å²) in [5.41, 5.74) is 8.33. The third kappa shape index (κ3) is 2.60. The molecule has 21 heavy (non-hydrogen) atoms. The summed E-state index contributed by atoms with van der Waals surface area (Å²) in [6.07, 6.45) is 0. The second kappa shape index (κ2) is 5.39. The van der Waals surface area contributed by atoms with E-state index in [0.717, 1.165) is 15.6 Å². The molecule has 3 rings (SSSR count). The maximum Gasteiger partial charge on any atom is 0.267 e. The van der Waals surface area contributed by atoms with E-state index in [-0.39, 0.29) is 5.91 Å². The summed E-state index contributed by atoms with van der Waals surface area (Å²) >= 11 is 7.44. The molecule has 0 saturated heterocycles. The Hall–Kier alpha value is -2.04. The Labute approximate surface area is 131 Å². The molecule has 1 aromatic heterocycles. The number of carbonyl (C=O) groups excluding carboxylic acids is 1. The number of para-hydroxylation sites is 1. The lowest BCUT2D eigenvalue weighted by Crippen LogP contribution is -2.12. The van der Waals surface area contributed by atoms with Crippen LogP contribution < -0.4 is 11.1 Å². The van der Waals surface area contributed by atoms with Gasteiger partial charge in [0.15, 0.2) is 0 Å². The zero-order valence-electron chi connectivity index (χ0n) is 11.3. The largest absolute Gasteiger partial charge is 0.397 e.